The molecule has 0 saturated carbocycles. The average Bonchev–Trinajstić information content (AvgIpc) is 2.94. The summed E-state index contributed by atoms with van der Waals surface area (Å²) in [6.07, 6.45) is 2.16. The van der Waals surface area contributed by atoms with Crippen LogP contribution < -0.4 is 11.1 Å². The number of benzene rings is 1. The van der Waals surface area contributed by atoms with Gasteiger partial charge in [0.05, 0.1) is 12.2 Å². The van der Waals surface area contributed by atoms with Crippen molar-refractivity contribution in [2.24, 2.45) is 11.1 Å². The first-order valence-electron chi connectivity index (χ1n) is 10.4. The van der Waals surface area contributed by atoms with Crippen LogP contribution in [0.4, 0.5) is 5.69 Å². The first kappa shape index (κ1) is 21.6. The van der Waals surface area contributed by atoms with Crippen LogP contribution in [0.3, 0.4) is 0 Å². The van der Waals surface area contributed by atoms with Crippen LogP contribution in [0.1, 0.15) is 52.0 Å². The molecule has 1 unspecified atom stereocenters. The summed E-state index contributed by atoms with van der Waals surface area (Å²) in [5.41, 5.74) is 5.28. The molecule has 2 heterocycles. The maximum Gasteiger partial charge on any atom is 0.339 e. The third-order valence-electron chi connectivity index (χ3n) is 5.97. The molecule has 1 spiro atoms. The normalized spacial score (nSPS) is 24.0. The number of unbranched alkanes of at least 4 members (excludes halogenated alkanes) is 1. The molecule has 4 rings (SSSR count). The number of allylic oxidation sites excluding steroid dienone is 1. The zero-order chi connectivity index (χ0) is 22.6. The van der Waals surface area contributed by atoms with Crippen molar-refractivity contribution in [1.29, 1.82) is 0 Å². The quantitative estimate of drug-likeness (QED) is 0.489. The van der Waals surface area contributed by atoms with E-state index in [1.54, 1.807) is 18.2 Å². The van der Waals surface area contributed by atoms with E-state index >= 15 is 0 Å². The molecule has 3 aliphatic rings. The standard InChI is InChI=1S/C23H25BrN2O5/c1-4-5-8-30-20(28)18-19(25)26-14-7-6-12(24)9-13(14)23(18)17-15(27)10-22(2,3)11-16(17)31-21(23)29/h6-7,9,26H,4-5,8,10-11,25H2,1-3H3. The summed E-state index contributed by atoms with van der Waals surface area (Å²) in [5.74, 6) is -1.36. The summed E-state index contributed by atoms with van der Waals surface area (Å²) in [6.45, 7) is 6.07. The molecule has 0 radical (unpaired) electrons. The summed E-state index contributed by atoms with van der Waals surface area (Å²) >= 11 is 3.44. The highest BCUT2D eigenvalue weighted by atomic mass is 79.9. The molecule has 1 atom stereocenters. The summed E-state index contributed by atoms with van der Waals surface area (Å²) < 4.78 is 11.8. The number of anilines is 1. The Kier molecular flexibility index (Phi) is 5.24. The number of rotatable bonds is 4. The van der Waals surface area contributed by atoms with Gasteiger partial charge in [-0.3, -0.25) is 4.79 Å². The Balaban J connectivity index is 1.98. The van der Waals surface area contributed by atoms with E-state index in [-0.39, 0.29) is 41.2 Å². The largest absolute Gasteiger partial charge is 0.462 e. The van der Waals surface area contributed by atoms with Crippen LogP contribution in [-0.4, -0.2) is 24.3 Å². The molecular weight excluding hydrogens is 464 g/mol. The zero-order valence-corrected chi connectivity index (χ0v) is 19.4. The number of carbonyl (C=O) groups excluding carboxylic acids is 3. The molecule has 0 fully saturated rings. The van der Waals surface area contributed by atoms with E-state index in [9.17, 15) is 14.4 Å². The molecule has 0 saturated heterocycles. The summed E-state index contributed by atoms with van der Waals surface area (Å²) in [6, 6.07) is 5.26. The summed E-state index contributed by atoms with van der Waals surface area (Å²) in [7, 11) is 0. The highest BCUT2D eigenvalue weighted by molar-refractivity contribution is 9.10. The number of nitrogens with one attached hydrogen (secondary N) is 1. The van der Waals surface area contributed by atoms with E-state index in [1.165, 1.54) is 0 Å². The average molecular weight is 489 g/mol. The Morgan fingerprint density at radius 1 is 1.29 bits per heavy atom. The molecule has 1 aromatic rings. The molecule has 0 aromatic heterocycles. The second-order valence-corrected chi connectivity index (χ2v) is 9.89. The van der Waals surface area contributed by atoms with Gasteiger partial charge in [0.15, 0.2) is 11.2 Å². The minimum atomic E-state index is -1.75. The summed E-state index contributed by atoms with van der Waals surface area (Å²) in [5, 5.41) is 3.00. The van der Waals surface area contributed by atoms with Crippen molar-refractivity contribution in [3.05, 3.63) is 51.0 Å². The number of Topliss-reactive ketones (excluding diaryl/α,β-unsaturated/α-hetero) is 1. The van der Waals surface area contributed by atoms with Crippen molar-refractivity contribution >= 4 is 39.3 Å². The maximum atomic E-state index is 13.6. The number of carbonyl (C=O) groups is 3. The molecule has 0 amide bonds. The van der Waals surface area contributed by atoms with Crippen molar-refractivity contribution in [2.45, 2.75) is 51.9 Å². The Morgan fingerprint density at radius 2 is 2.03 bits per heavy atom. The Hall–Kier alpha value is -2.61. The van der Waals surface area contributed by atoms with Gasteiger partial charge in [-0.25, -0.2) is 9.59 Å². The lowest BCUT2D eigenvalue weighted by Gasteiger charge is -2.38. The zero-order valence-electron chi connectivity index (χ0n) is 17.8. The number of esters is 2. The highest BCUT2D eigenvalue weighted by Gasteiger charge is 2.64. The monoisotopic (exact) mass is 488 g/mol. The first-order valence-corrected chi connectivity index (χ1v) is 11.1. The third kappa shape index (κ3) is 3.28. The molecule has 0 bridgehead atoms. The van der Waals surface area contributed by atoms with Crippen molar-refractivity contribution in [2.75, 3.05) is 11.9 Å². The van der Waals surface area contributed by atoms with Crippen LogP contribution in [-0.2, 0) is 29.3 Å². The third-order valence-corrected chi connectivity index (χ3v) is 6.46. The number of ketones is 1. The van der Waals surface area contributed by atoms with Gasteiger partial charge in [0.1, 0.15) is 17.2 Å². The van der Waals surface area contributed by atoms with Gasteiger partial charge in [0.2, 0.25) is 0 Å². The van der Waals surface area contributed by atoms with Crippen LogP contribution in [0.5, 0.6) is 0 Å². The van der Waals surface area contributed by atoms with Crippen molar-refractivity contribution in [3.8, 4) is 0 Å². The van der Waals surface area contributed by atoms with Crippen LogP contribution in [0.2, 0.25) is 0 Å². The Morgan fingerprint density at radius 3 is 2.74 bits per heavy atom. The fourth-order valence-corrected chi connectivity index (χ4v) is 5.02. The predicted molar refractivity (Wildman–Crippen MR) is 118 cm³/mol. The second-order valence-electron chi connectivity index (χ2n) is 8.97. The first-order chi connectivity index (χ1) is 14.6. The fourth-order valence-electron chi connectivity index (χ4n) is 4.66. The van der Waals surface area contributed by atoms with E-state index in [4.69, 9.17) is 15.2 Å². The van der Waals surface area contributed by atoms with Gasteiger partial charge in [0.25, 0.3) is 0 Å². The number of hydrogen-bond donors (Lipinski definition) is 2. The van der Waals surface area contributed by atoms with E-state index < -0.39 is 17.4 Å². The minimum absolute atomic E-state index is 0.0142. The van der Waals surface area contributed by atoms with Crippen LogP contribution in [0.15, 0.2) is 45.4 Å². The van der Waals surface area contributed by atoms with Crippen LogP contribution in [0.25, 0.3) is 0 Å². The minimum Gasteiger partial charge on any atom is -0.462 e. The van der Waals surface area contributed by atoms with Crippen molar-refractivity contribution in [3.63, 3.8) is 0 Å². The number of halogens is 1. The molecule has 8 heteroatoms. The Bertz CT molecular complexity index is 1070. The van der Waals surface area contributed by atoms with Gasteiger partial charge in [-0.2, -0.15) is 0 Å². The number of ether oxygens (including phenoxy) is 2. The van der Waals surface area contributed by atoms with Crippen molar-refractivity contribution in [1.82, 2.24) is 0 Å². The number of fused-ring (bicyclic) bond motifs is 3. The fraction of sp³-hybridized carbons (Fsp3) is 0.435. The Labute approximate surface area is 189 Å². The van der Waals surface area contributed by atoms with Gasteiger partial charge >= 0.3 is 11.9 Å². The molecular formula is C23H25BrN2O5. The topological polar surface area (TPSA) is 108 Å². The predicted octanol–water partition coefficient (Wildman–Crippen LogP) is 3.83. The second kappa shape index (κ2) is 7.51. The summed E-state index contributed by atoms with van der Waals surface area (Å²) in [4.78, 5) is 40.2. The van der Waals surface area contributed by atoms with Gasteiger partial charge < -0.3 is 20.5 Å². The van der Waals surface area contributed by atoms with E-state index in [1.807, 2.05) is 20.8 Å². The van der Waals surface area contributed by atoms with Gasteiger partial charge in [-0.1, -0.05) is 43.1 Å². The molecule has 1 aliphatic carbocycles. The SMILES string of the molecule is CCCCOC(=O)C1=C(N)Nc2ccc(Br)cc2C12C(=O)OC1=C2C(=O)CC(C)(C)C1. The number of hydrogen-bond acceptors (Lipinski definition) is 7. The van der Waals surface area contributed by atoms with Gasteiger partial charge in [0, 0.05) is 28.6 Å². The van der Waals surface area contributed by atoms with Gasteiger partial charge in [-0.05, 0) is 30.0 Å². The molecule has 164 valence electrons. The van der Waals surface area contributed by atoms with Crippen LogP contribution >= 0.6 is 15.9 Å². The lowest BCUT2D eigenvalue weighted by Crippen LogP contribution is -2.48. The highest BCUT2D eigenvalue weighted by Crippen LogP contribution is 2.56. The van der Waals surface area contributed by atoms with Gasteiger partial charge in [-0.15, -0.1) is 0 Å². The smallest absolute Gasteiger partial charge is 0.339 e. The van der Waals surface area contributed by atoms with E-state index in [0.717, 1.165) is 6.42 Å². The lowest BCUT2D eigenvalue weighted by atomic mass is 9.62. The van der Waals surface area contributed by atoms with E-state index in [2.05, 4.69) is 21.2 Å². The lowest BCUT2D eigenvalue weighted by molar-refractivity contribution is -0.146. The van der Waals surface area contributed by atoms with E-state index in [0.29, 0.717) is 34.3 Å². The molecule has 2 aliphatic heterocycles. The molecule has 3 N–H and O–H groups in total. The molecule has 31 heavy (non-hydrogen) atoms. The molecule has 7 nitrogen and oxygen atoms in total. The molecule has 1 aromatic carbocycles. The number of nitrogens with two attached hydrogens (primary N) is 1. The maximum absolute atomic E-state index is 13.6. The van der Waals surface area contributed by atoms with Crippen molar-refractivity contribution < 1.29 is 23.9 Å². The van der Waals surface area contributed by atoms with Crippen LogP contribution in [0, 0.1) is 5.41 Å².